The second kappa shape index (κ2) is 4.49. The molecule has 0 spiro atoms. The summed E-state index contributed by atoms with van der Waals surface area (Å²) in [6.07, 6.45) is 3.79. The molecule has 0 saturated heterocycles. The Balaban J connectivity index is 3.54. The Morgan fingerprint density at radius 1 is 1.67 bits per heavy atom. The average Bonchev–Trinajstić information content (AvgIpc) is 1.82. The lowest BCUT2D eigenvalue weighted by atomic mass is 10.2. The highest BCUT2D eigenvalue weighted by Crippen LogP contribution is 1.99. The minimum Gasteiger partial charge on any atom is -0.255 e. The molecule has 54 valence electrons. The van der Waals surface area contributed by atoms with Gasteiger partial charge in [0.2, 0.25) is 0 Å². The van der Waals surface area contributed by atoms with Crippen molar-refractivity contribution >= 4 is 0 Å². The third kappa shape index (κ3) is 3.24. The molecule has 0 radical (unpaired) electrons. The standard InChI is InChI=1S/C6H15N3/c1-3-5-6(4-2)9(7)8/h4,6H,2-3,5,7-8H2,1H3. The molecule has 0 heterocycles. The van der Waals surface area contributed by atoms with Crippen LogP contribution >= 0.6 is 0 Å². The Morgan fingerprint density at radius 3 is 2.33 bits per heavy atom. The molecule has 1 atom stereocenters. The quantitative estimate of drug-likeness (QED) is 0.328. The van der Waals surface area contributed by atoms with Crippen LogP contribution in [-0.4, -0.2) is 11.2 Å². The minimum atomic E-state index is 0.120. The highest BCUT2D eigenvalue weighted by Gasteiger charge is 2.04. The maximum atomic E-state index is 5.27. The second-order valence-corrected chi connectivity index (χ2v) is 2.04. The molecule has 0 fully saturated rings. The van der Waals surface area contributed by atoms with Crippen molar-refractivity contribution < 1.29 is 0 Å². The summed E-state index contributed by atoms with van der Waals surface area (Å²) < 4.78 is 0. The van der Waals surface area contributed by atoms with E-state index >= 15 is 0 Å². The van der Waals surface area contributed by atoms with Crippen molar-refractivity contribution in [1.82, 2.24) is 5.12 Å². The van der Waals surface area contributed by atoms with E-state index < -0.39 is 0 Å². The van der Waals surface area contributed by atoms with E-state index in [-0.39, 0.29) is 6.04 Å². The molecule has 0 aromatic carbocycles. The van der Waals surface area contributed by atoms with Gasteiger partial charge in [0.15, 0.2) is 0 Å². The molecule has 0 aromatic heterocycles. The lowest BCUT2D eigenvalue weighted by Crippen LogP contribution is -2.45. The predicted molar refractivity (Wildman–Crippen MR) is 39.1 cm³/mol. The van der Waals surface area contributed by atoms with E-state index in [2.05, 4.69) is 13.5 Å². The number of hydrazine groups is 2. The summed E-state index contributed by atoms with van der Waals surface area (Å²) in [7, 11) is 0. The fourth-order valence-electron chi connectivity index (χ4n) is 0.684. The van der Waals surface area contributed by atoms with Gasteiger partial charge in [0.05, 0.1) is 6.04 Å². The van der Waals surface area contributed by atoms with Crippen LogP contribution in [0.4, 0.5) is 0 Å². The Labute approximate surface area is 56.3 Å². The average molecular weight is 129 g/mol. The van der Waals surface area contributed by atoms with Crippen LogP contribution in [0.2, 0.25) is 0 Å². The van der Waals surface area contributed by atoms with Gasteiger partial charge in [0.25, 0.3) is 0 Å². The number of nitrogens with zero attached hydrogens (tertiary/aromatic N) is 1. The molecule has 1 unspecified atom stereocenters. The van der Waals surface area contributed by atoms with Crippen molar-refractivity contribution in [1.29, 1.82) is 0 Å². The first-order valence-electron chi connectivity index (χ1n) is 3.13. The topological polar surface area (TPSA) is 55.3 Å². The maximum Gasteiger partial charge on any atom is 0.0572 e. The number of nitrogens with two attached hydrogens (primary N) is 2. The summed E-state index contributed by atoms with van der Waals surface area (Å²) >= 11 is 0. The summed E-state index contributed by atoms with van der Waals surface area (Å²) in [5, 5.41) is 1.19. The van der Waals surface area contributed by atoms with Crippen molar-refractivity contribution in [3.8, 4) is 0 Å². The molecule has 0 aliphatic heterocycles. The monoisotopic (exact) mass is 129 g/mol. The van der Waals surface area contributed by atoms with E-state index in [0.717, 1.165) is 12.8 Å². The van der Waals surface area contributed by atoms with Crippen LogP contribution in [0.3, 0.4) is 0 Å². The summed E-state index contributed by atoms with van der Waals surface area (Å²) in [5.74, 6) is 10.5. The first-order valence-corrected chi connectivity index (χ1v) is 3.13. The van der Waals surface area contributed by atoms with Crippen molar-refractivity contribution in [2.75, 3.05) is 0 Å². The van der Waals surface area contributed by atoms with E-state index in [1.807, 2.05) is 0 Å². The molecule has 0 aromatic rings. The van der Waals surface area contributed by atoms with E-state index in [0.29, 0.717) is 0 Å². The van der Waals surface area contributed by atoms with Gasteiger partial charge >= 0.3 is 0 Å². The van der Waals surface area contributed by atoms with Crippen LogP contribution in [0.5, 0.6) is 0 Å². The third-order valence-electron chi connectivity index (χ3n) is 1.24. The van der Waals surface area contributed by atoms with Gasteiger partial charge in [0.1, 0.15) is 0 Å². The molecule has 3 nitrogen and oxygen atoms in total. The Morgan fingerprint density at radius 2 is 2.22 bits per heavy atom. The first-order chi connectivity index (χ1) is 4.22. The molecule has 0 saturated carbocycles. The highest BCUT2D eigenvalue weighted by atomic mass is 15.6. The lowest BCUT2D eigenvalue weighted by Gasteiger charge is -2.17. The summed E-state index contributed by atoms with van der Waals surface area (Å²) in [5.41, 5.74) is 0. The van der Waals surface area contributed by atoms with Gasteiger partial charge in [-0.2, -0.15) is 5.12 Å². The zero-order chi connectivity index (χ0) is 7.28. The zero-order valence-corrected chi connectivity index (χ0v) is 5.88. The van der Waals surface area contributed by atoms with Gasteiger partial charge in [-0.1, -0.05) is 19.4 Å². The van der Waals surface area contributed by atoms with Crippen molar-refractivity contribution in [2.45, 2.75) is 25.8 Å². The predicted octanol–water partition coefficient (Wildman–Crippen LogP) is 0.391. The van der Waals surface area contributed by atoms with Gasteiger partial charge < -0.3 is 0 Å². The van der Waals surface area contributed by atoms with Crippen LogP contribution in [0, 0.1) is 0 Å². The number of rotatable bonds is 4. The SMILES string of the molecule is C=CC(CCC)N(N)N. The fourth-order valence-corrected chi connectivity index (χ4v) is 0.684. The fraction of sp³-hybridized carbons (Fsp3) is 0.667. The van der Waals surface area contributed by atoms with Crippen LogP contribution in [0.25, 0.3) is 0 Å². The number of hydrogen-bond acceptors (Lipinski definition) is 3. The smallest absolute Gasteiger partial charge is 0.0572 e. The molecular weight excluding hydrogens is 114 g/mol. The van der Waals surface area contributed by atoms with E-state index in [1.54, 1.807) is 6.08 Å². The zero-order valence-electron chi connectivity index (χ0n) is 5.88. The van der Waals surface area contributed by atoms with Gasteiger partial charge in [-0.15, -0.1) is 6.58 Å². The Bertz CT molecular complexity index is 80.4. The minimum absolute atomic E-state index is 0.120. The van der Waals surface area contributed by atoms with E-state index in [4.69, 9.17) is 11.7 Å². The first kappa shape index (κ1) is 8.62. The molecule has 3 heteroatoms. The van der Waals surface area contributed by atoms with Crippen molar-refractivity contribution in [2.24, 2.45) is 11.7 Å². The Hall–Kier alpha value is -0.380. The van der Waals surface area contributed by atoms with E-state index in [1.165, 1.54) is 5.12 Å². The van der Waals surface area contributed by atoms with Crippen molar-refractivity contribution in [3.63, 3.8) is 0 Å². The molecular formula is C6H15N3. The molecule has 0 aliphatic rings. The van der Waals surface area contributed by atoms with E-state index in [9.17, 15) is 0 Å². The van der Waals surface area contributed by atoms with Crippen LogP contribution in [-0.2, 0) is 0 Å². The maximum absolute atomic E-state index is 5.27. The molecule has 0 rings (SSSR count). The summed E-state index contributed by atoms with van der Waals surface area (Å²) in [6.45, 7) is 5.68. The number of hydrogen-bond donors (Lipinski definition) is 2. The summed E-state index contributed by atoms with van der Waals surface area (Å²) in [4.78, 5) is 0. The molecule has 0 bridgehead atoms. The summed E-state index contributed by atoms with van der Waals surface area (Å²) in [6, 6.07) is 0.120. The largest absolute Gasteiger partial charge is 0.255 e. The third-order valence-corrected chi connectivity index (χ3v) is 1.24. The lowest BCUT2D eigenvalue weighted by molar-refractivity contribution is 0.231. The van der Waals surface area contributed by atoms with Crippen molar-refractivity contribution in [3.05, 3.63) is 12.7 Å². The molecule has 0 aliphatic carbocycles. The molecule has 0 amide bonds. The van der Waals surface area contributed by atoms with Crippen LogP contribution in [0.1, 0.15) is 19.8 Å². The van der Waals surface area contributed by atoms with Crippen LogP contribution in [0.15, 0.2) is 12.7 Å². The normalized spacial score (nSPS) is 13.8. The van der Waals surface area contributed by atoms with Gasteiger partial charge in [0, 0.05) is 0 Å². The highest BCUT2D eigenvalue weighted by molar-refractivity contribution is 4.83. The molecule has 9 heavy (non-hydrogen) atoms. The second-order valence-electron chi connectivity index (χ2n) is 2.04. The van der Waals surface area contributed by atoms with Gasteiger partial charge in [-0.05, 0) is 6.42 Å². The Kier molecular flexibility index (Phi) is 4.30. The van der Waals surface area contributed by atoms with Crippen LogP contribution < -0.4 is 11.7 Å². The van der Waals surface area contributed by atoms with Gasteiger partial charge in [-0.25, -0.2) is 0 Å². The molecule has 4 N–H and O–H groups in total. The van der Waals surface area contributed by atoms with Gasteiger partial charge in [-0.3, -0.25) is 11.7 Å².